The van der Waals surface area contributed by atoms with Crippen molar-refractivity contribution in [3.8, 4) is 17.1 Å². The van der Waals surface area contributed by atoms with E-state index in [1.54, 1.807) is 26.0 Å². The highest BCUT2D eigenvalue weighted by atomic mass is 16.5. The Hall–Kier alpha value is -1.92. The number of aliphatic hydroxyl groups excluding tert-OH is 1. The van der Waals surface area contributed by atoms with Crippen LogP contribution in [0.5, 0.6) is 5.75 Å². The maximum absolute atomic E-state index is 9.69. The van der Waals surface area contributed by atoms with Gasteiger partial charge >= 0.3 is 0 Å². The van der Waals surface area contributed by atoms with E-state index < -0.39 is 6.10 Å². The Kier molecular flexibility index (Phi) is 3.31. The predicted octanol–water partition coefficient (Wildman–Crippen LogP) is 1.05. The number of aromatic hydroxyl groups is 1. The average Bonchev–Trinajstić information content (AvgIpc) is 2.84. The lowest BCUT2D eigenvalue weighted by Gasteiger charge is -2.04. The summed E-state index contributed by atoms with van der Waals surface area (Å²) in [5.41, 5.74) is 7.50. The molecule has 6 nitrogen and oxygen atoms in total. The summed E-state index contributed by atoms with van der Waals surface area (Å²) in [6, 6.07) is 3.51. The number of hydrogen-bond acceptors (Lipinski definition) is 6. The zero-order chi connectivity index (χ0) is 13.3. The van der Waals surface area contributed by atoms with Crippen LogP contribution in [0.3, 0.4) is 0 Å². The molecule has 0 aliphatic heterocycles. The number of aliphatic hydroxyl groups is 1. The number of phenols is 1. The molecule has 1 heterocycles. The van der Waals surface area contributed by atoms with Gasteiger partial charge in [-0.1, -0.05) is 5.16 Å². The number of rotatable bonds is 3. The molecule has 1 aromatic heterocycles. The van der Waals surface area contributed by atoms with Gasteiger partial charge in [0.05, 0.1) is 0 Å². The van der Waals surface area contributed by atoms with Crippen molar-refractivity contribution in [1.29, 1.82) is 0 Å². The molecule has 2 aromatic rings. The van der Waals surface area contributed by atoms with E-state index in [4.69, 9.17) is 10.3 Å². The van der Waals surface area contributed by atoms with Crippen LogP contribution in [0.1, 0.15) is 23.1 Å². The van der Waals surface area contributed by atoms with E-state index in [9.17, 15) is 10.2 Å². The van der Waals surface area contributed by atoms with Crippen LogP contribution in [0.4, 0.5) is 0 Å². The molecule has 1 aromatic carbocycles. The Bertz CT molecular complexity index is 542. The highest BCUT2D eigenvalue weighted by Gasteiger charge is 2.16. The van der Waals surface area contributed by atoms with Gasteiger partial charge in [0, 0.05) is 12.1 Å². The Balaban J connectivity index is 2.40. The Morgan fingerprint density at radius 3 is 2.50 bits per heavy atom. The number of nitrogens with two attached hydrogens (primary N) is 1. The van der Waals surface area contributed by atoms with Gasteiger partial charge in [0.15, 0.2) is 0 Å². The number of nitrogens with zero attached hydrogens (tertiary/aromatic N) is 2. The van der Waals surface area contributed by atoms with Crippen molar-refractivity contribution in [2.75, 3.05) is 6.54 Å². The number of aromatic nitrogens is 2. The minimum Gasteiger partial charge on any atom is -0.507 e. The maximum Gasteiger partial charge on any atom is 0.257 e. The molecule has 1 atom stereocenters. The molecule has 0 unspecified atom stereocenters. The van der Waals surface area contributed by atoms with Crippen LogP contribution in [0.2, 0.25) is 0 Å². The summed E-state index contributed by atoms with van der Waals surface area (Å²) in [5.74, 6) is 0.712. The quantitative estimate of drug-likeness (QED) is 0.750. The smallest absolute Gasteiger partial charge is 0.257 e. The lowest BCUT2D eigenvalue weighted by molar-refractivity contribution is 0.141. The van der Waals surface area contributed by atoms with Crippen molar-refractivity contribution in [1.82, 2.24) is 10.1 Å². The molecular weight excluding hydrogens is 234 g/mol. The van der Waals surface area contributed by atoms with Gasteiger partial charge in [0.1, 0.15) is 11.9 Å². The van der Waals surface area contributed by atoms with E-state index in [0.29, 0.717) is 5.82 Å². The van der Waals surface area contributed by atoms with Crippen LogP contribution in [-0.4, -0.2) is 26.9 Å². The summed E-state index contributed by atoms with van der Waals surface area (Å²) < 4.78 is 4.93. The fourth-order valence-electron chi connectivity index (χ4n) is 1.67. The summed E-state index contributed by atoms with van der Waals surface area (Å²) in [6.45, 7) is 3.61. The average molecular weight is 249 g/mol. The van der Waals surface area contributed by atoms with E-state index >= 15 is 0 Å². The second kappa shape index (κ2) is 4.75. The third-order valence-electron chi connectivity index (χ3n) is 2.70. The van der Waals surface area contributed by atoms with E-state index in [-0.39, 0.29) is 18.2 Å². The van der Waals surface area contributed by atoms with Gasteiger partial charge in [-0.2, -0.15) is 4.98 Å². The summed E-state index contributed by atoms with van der Waals surface area (Å²) in [4.78, 5) is 4.07. The molecule has 0 aliphatic carbocycles. The highest BCUT2D eigenvalue weighted by molar-refractivity contribution is 5.60. The summed E-state index contributed by atoms with van der Waals surface area (Å²) >= 11 is 0. The van der Waals surface area contributed by atoms with Crippen LogP contribution in [0.15, 0.2) is 16.7 Å². The molecule has 18 heavy (non-hydrogen) atoms. The maximum atomic E-state index is 9.69. The minimum absolute atomic E-state index is 0.0231. The Morgan fingerprint density at radius 2 is 1.94 bits per heavy atom. The zero-order valence-electron chi connectivity index (χ0n) is 10.2. The molecule has 0 amide bonds. The number of benzene rings is 1. The van der Waals surface area contributed by atoms with Crippen LogP contribution >= 0.6 is 0 Å². The van der Waals surface area contributed by atoms with Crippen molar-refractivity contribution in [3.63, 3.8) is 0 Å². The summed E-state index contributed by atoms with van der Waals surface area (Å²) in [5, 5.41) is 23.0. The molecule has 0 spiro atoms. The molecule has 0 fully saturated rings. The first-order valence-electron chi connectivity index (χ1n) is 5.55. The van der Waals surface area contributed by atoms with Crippen LogP contribution in [-0.2, 0) is 0 Å². The summed E-state index contributed by atoms with van der Waals surface area (Å²) in [6.07, 6.45) is -0.953. The highest BCUT2D eigenvalue weighted by Crippen LogP contribution is 2.28. The van der Waals surface area contributed by atoms with Crippen molar-refractivity contribution in [2.45, 2.75) is 20.0 Å². The molecule has 0 saturated carbocycles. The number of aryl methyl sites for hydroxylation is 2. The van der Waals surface area contributed by atoms with Gasteiger partial charge in [-0.25, -0.2) is 0 Å². The fraction of sp³-hybridized carbons (Fsp3) is 0.333. The van der Waals surface area contributed by atoms with Crippen LogP contribution in [0, 0.1) is 13.8 Å². The standard InChI is InChI=1S/C12H15N3O3/c1-6-3-8(4-7(2)10(6)17)11-14-12(18-15-11)9(16)5-13/h3-4,9,16-17H,5,13H2,1-2H3/t9-/m0/s1. The van der Waals surface area contributed by atoms with E-state index in [1.165, 1.54) is 0 Å². The fourth-order valence-corrected chi connectivity index (χ4v) is 1.67. The number of phenolic OH excluding ortho intramolecular Hbond substituents is 1. The van der Waals surface area contributed by atoms with Crippen molar-refractivity contribution in [3.05, 3.63) is 29.2 Å². The third-order valence-corrected chi connectivity index (χ3v) is 2.70. The first-order valence-corrected chi connectivity index (χ1v) is 5.55. The van der Waals surface area contributed by atoms with Crippen molar-refractivity contribution < 1.29 is 14.7 Å². The molecule has 4 N–H and O–H groups in total. The van der Waals surface area contributed by atoms with E-state index in [2.05, 4.69) is 10.1 Å². The summed E-state index contributed by atoms with van der Waals surface area (Å²) in [7, 11) is 0. The van der Waals surface area contributed by atoms with E-state index in [0.717, 1.165) is 16.7 Å². The van der Waals surface area contributed by atoms with Gasteiger partial charge in [0.25, 0.3) is 5.89 Å². The SMILES string of the molecule is Cc1cc(-c2noc([C@@H](O)CN)n2)cc(C)c1O. The minimum atomic E-state index is -0.953. The molecule has 0 radical (unpaired) electrons. The van der Waals surface area contributed by atoms with Gasteiger partial charge in [0.2, 0.25) is 5.82 Å². The Labute approximate surface area is 104 Å². The lowest BCUT2D eigenvalue weighted by atomic mass is 10.1. The molecule has 0 aliphatic rings. The van der Waals surface area contributed by atoms with Crippen molar-refractivity contribution >= 4 is 0 Å². The van der Waals surface area contributed by atoms with Gasteiger partial charge in [-0.15, -0.1) is 0 Å². The molecule has 0 saturated heterocycles. The Morgan fingerprint density at radius 1 is 1.33 bits per heavy atom. The lowest BCUT2D eigenvalue weighted by Crippen LogP contribution is -2.11. The number of hydrogen-bond donors (Lipinski definition) is 3. The molecule has 96 valence electrons. The van der Waals surface area contributed by atoms with Crippen LogP contribution < -0.4 is 5.73 Å². The second-order valence-corrected chi connectivity index (χ2v) is 4.17. The van der Waals surface area contributed by atoms with Gasteiger partial charge in [-0.3, -0.25) is 0 Å². The van der Waals surface area contributed by atoms with Gasteiger partial charge in [-0.05, 0) is 37.1 Å². The topological polar surface area (TPSA) is 105 Å². The molecule has 0 bridgehead atoms. The van der Waals surface area contributed by atoms with Crippen LogP contribution in [0.25, 0.3) is 11.4 Å². The molecule has 6 heteroatoms. The van der Waals surface area contributed by atoms with Crippen molar-refractivity contribution in [2.24, 2.45) is 5.73 Å². The molecule has 2 rings (SSSR count). The largest absolute Gasteiger partial charge is 0.507 e. The van der Waals surface area contributed by atoms with E-state index in [1.807, 2.05) is 0 Å². The van der Waals surface area contributed by atoms with Gasteiger partial charge < -0.3 is 20.5 Å². The second-order valence-electron chi connectivity index (χ2n) is 4.17. The first-order chi connectivity index (χ1) is 8.52. The zero-order valence-corrected chi connectivity index (χ0v) is 10.2. The molecular formula is C12H15N3O3. The monoisotopic (exact) mass is 249 g/mol. The first kappa shape index (κ1) is 12.5. The normalized spacial score (nSPS) is 12.7. The predicted molar refractivity (Wildman–Crippen MR) is 64.9 cm³/mol. The third kappa shape index (κ3) is 2.20.